The van der Waals surface area contributed by atoms with Crippen LogP contribution in [0.1, 0.15) is 22.6 Å². The maximum absolute atomic E-state index is 2.36. The van der Waals surface area contributed by atoms with Gasteiger partial charge < -0.3 is 0 Å². The molecule has 0 nitrogen and oxygen atoms in total. The summed E-state index contributed by atoms with van der Waals surface area (Å²) in [6.45, 7) is 0. The second kappa shape index (κ2) is 6.07. The Bertz CT molecular complexity index is 1200. The molecule has 0 heterocycles. The van der Waals surface area contributed by atoms with Crippen molar-refractivity contribution in [3.63, 3.8) is 0 Å². The first-order valence-corrected chi connectivity index (χ1v) is 9.96. The smallest absolute Gasteiger partial charge is 0.0199 e. The molecule has 28 heavy (non-hydrogen) atoms. The van der Waals surface area contributed by atoms with Crippen LogP contribution in [0.4, 0.5) is 0 Å². The maximum atomic E-state index is 2.36. The lowest BCUT2D eigenvalue weighted by Gasteiger charge is -2.35. The van der Waals surface area contributed by atoms with Crippen molar-refractivity contribution in [2.24, 2.45) is 5.92 Å². The highest BCUT2D eigenvalue weighted by molar-refractivity contribution is 5.86. The molecule has 0 fully saturated rings. The molecule has 3 aliphatic carbocycles. The van der Waals surface area contributed by atoms with Crippen LogP contribution in [0.2, 0.25) is 0 Å². The molecular formula is C28H20. The Morgan fingerprint density at radius 2 is 1.50 bits per heavy atom. The predicted molar refractivity (Wildman–Crippen MR) is 119 cm³/mol. The molecule has 0 radical (unpaired) electrons. The molecule has 0 heteroatoms. The van der Waals surface area contributed by atoms with E-state index in [1.165, 1.54) is 44.5 Å². The van der Waals surface area contributed by atoms with E-state index in [2.05, 4.69) is 109 Å². The molecule has 0 bridgehead atoms. The Labute approximate surface area is 165 Å². The highest BCUT2D eigenvalue weighted by Gasteiger charge is 2.33. The molecule has 3 aliphatic rings. The third-order valence-electron chi connectivity index (χ3n) is 6.22. The van der Waals surface area contributed by atoms with E-state index >= 15 is 0 Å². The van der Waals surface area contributed by atoms with Gasteiger partial charge in [-0.15, -0.1) is 0 Å². The number of rotatable bonds is 2. The predicted octanol–water partition coefficient (Wildman–Crippen LogP) is 7.27. The zero-order valence-corrected chi connectivity index (χ0v) is 15.5. The van der Waals surface area contributed by atoms with Gasteiger partial charge in [-0.3, -0.25) is 0 Å². The van der Waals surface area contributed by atoms with Gasteiger partial charge in [0, 0.05) is 11.8 Å². The van der Waals surface area contributed by atoms with E-state index in [4.69, 9.17) is 0 Å². The molecule has 0 N–H and O–H groups in total. The first-order chi connectivity index (χ1) is 13.9. The molecule has 132 valence electrons. The van der Waals surface area contributed by atoms with E-state index in [0.29, 0.717) is 11.8 Å². The molecule has 2 unspecified atom stereocenters. The van der Waals surface area contributed by atoms with Crippen molar-refractivity contribution in [3.05, 3.63) is 119 Å². The minimum atomic E-state index is 0.460. The molecule has 0 aromatic heterocycles. The summed E-state index contributed by atoms with van der Waals surface area (Å²) in [6.07, 6.45) is 16.1. The number of benzene rings is 3. The summed E-state index contributed by atoms with van der Waals surface area (Å²) in [5.74, 6) is 0.935. The fourth-order valence-electron chi connectivity index (χ4n) is 4.89. The van der Waals surface area contributed by atoms with Crippen LogP contribution in [0.15, 0.2) is 103 Å². The molecule has 0 spiro atoms. The van der Waals surface area contributed by atoms with Gasteiger partial charge in [-0.25, -0.2) is 0 Å². The van der Waals surface area contributed by atoms with Crippen molar-refractivity contribution < 1.29 is 0 Å². The van der Waals surface area contributed by atoms with Gasteiger partial charge in [-0.2, -0.15) is 0 Å². The molecule has 6 rings (SSSR count). The van der Waals surface area contributed by atoms with E-state index in [1.807, 2.05) is 0 Å². The lowest BCUT2D eigenvalue weighted by atomic mass is 9.68. The third-order valence-corrected chi connectivity index (χ3v) is 6.22. The van der Waals surface area contributed by atoms with E-state index in [0.717, 1.165) is 0 Å². The lowest BCUT2D eigenvalue weighted by Crippen LogP contribution is -2.20. The normalized spacial score (nSPS) is 20.6. The SMILES string of the molecule is C1=CC2C=Cc3ccc(-c4cccc(-c5ccccc5)c4)c4c3C2C(=C1)C=C4. The number of allylic oxidation sites excluding steroid dienone is 6. The Kier molecular flexibility index (Phi) is 3.39. The van der Waals surface area contributed by atoms with Crippen LogP contribution in [0.25, 0.3) is 34.4 Å². The van der Waals surface area contributed by atoms with Crippen LogP contribution in [0.5, 0.6) is 0 Å². The van der Waals surface area contributed by atoms with Crippen LogP contribution in [-0.4, -0.2) is 0 Å². The largest absolute Gasteiger partial charge is 0.0767 e. The Morgan fingerprint density at radius 3 is 2.43 bits per heavy atom. The van der Waals surface area contributed by atoms with Crippen molar-refractivity contribution >= 4 is 12.2 Å². The van der Waals surface area contributed by atoms with Crippen molar-refractivity contribution in [2.75, 3.05) is 0 Å². The first kappa shape index (κ1) is 15.7. The van der Waals surface area contributed by atoms with E-state index in [1.54, 1.807) is 0 Å². The van der Waals surface area contributed by atoms with Gasteiger partial charge in [0.2, 0.25) is 0 Å². The van der Waals surface area contributed by atoms with Crippen molar-refractivity contribution in [3.8, 4) is 22.3 Å². The summed E-state index contributed by atoms with van der Waals surface area (Å²) in [5, 5.41) is 0. The summed E-state index contributed by atoms with van der Waals surface area (Å²) < 4.78 is 0. The maximum Gasteiger partial charge on any atom is 0.0199 e. The minimum Gasteiger partial charge on any atom is -0.0767 e. The van der Waals surface area contributed by atoms with Crippen LogP contribution in [0, 0.1) is 5.92 Å². The van der Waals surface area contributed by atoms with Crippen molar-refractivity contribution in [2.45, 2.75) is 5.92 Å². The lowest BCUT2D eigenvalue weighted by molar-refractivity contribution is 0.665. The third kappa shape index (κ3) is 2.31. The Morgan fingerprint density at radius 1 is 0.643 bits per heavy atom. The van der Waals surface area contributed by atoms with Crippen LogP contribution in [-0.2, 0) is 0 Å². The second-order valence-electron chi connectivity index (χ2n) is 7.78. The summed E-state index contributed by atoms with van der Waals surface area (Å²) in [5.41, 5.74) is 10.8. The Balaban J connectivity index is 1.54. The molecule has 0 aliphatic heterocycles. The number of hydrogen-bond acceptors (Lipinski definition) is 0. The quantitative estimate of drug-likeness (QED) is 0.453. The first-order valence-electron chi connectivity index (χ1n) is 9.96. The van der Waals surface area contributed by atoms with Crippen molar-refractivity contribution in [1.29, 1.82) is 0 Å². The molecule has 2 atom stereocenters. The summed E-state index contributed by atoms with van der Waals surface area (Å²) in [7, 11) is 0. The molecule has 0 saturated heterocycles. The molecule has 0 amide bonds. The van der Waals surface area contributed by atoms with Gasteiger partial charge in [-0.1, -0.05) is 103 Å². The zero-order valence-electron chi connectivity index (χ0n) is 15.5. The van der Waals surface area contributed by atoms with Gasteiger partial charge >= 0.3 is 0 Å². The van der Waals surface area contributed by atoms with E-state index < -0.39 is 0 Å². The van der Waals surface area contributed by atoms with Gasteiger partial charge in [0.25, 0.3) is 0 Å². The fraction of sp³-hybridized carbons (Fsp3) is 0.0714. The van der Waals surface area contributed by atoms with Gasteiger partial charge in [0.15, 0.2) is 0 Å². The summed E-state index contributed by atoms with van der Waals surface area (Å²) in [6, 6.07) is 24.1. The van der Waals surface area contributed by atoms with Gasteiger partial charge in [0.1, 0.15) is 0 Å². The van der Waals surface area contributed by atoms with E-state index in [-0.39, 0.29) is 0 Å². The standard InChI is InChI=1S/C28H20/c1-2-6-19(7-3-1)23-10-5-11-24(18-23)25-16-14-22-13-12-20-8-4-9-21-15-17-26(25)28(22)27(20)21/h1-18,20,27H. The van der Waals surface area contributed by atoms with Crippen LogP contribution in [0.3, 0.4) is 0 Å². The monoisotopic (exact) mass is 356 g/mol. The van der Waals surface area contributed by atoms with E-state index in [9.17, 15) is 0 Å². The topological polar surface area (TPSA) is 0 Å². The van der Waals surface area contributed by atoms with Gasteiger partial charge in [0.05, 0.1) is 0 Å². The van der Waals surface area contributed by atoms with Crippen LogP contribution < -0.4 is 0 Å². The molecular weight excluding hydrogens is 336 g/mol. The molecule has 3 aromatic rings. The average molecular weight is 356 g/mol. The minimum absolute atomic E-state index is 0.460. The zero-order chi connectivity index (χ0) is 18.5. The summed E-state index contributed by atoms with van der Waals surface area (Å²) >= 11 is 0. The van der Waals surface area contributed by atoms with Gasteiger partial charge in [-0.05, 0) is 50.6 Å². The number of hydrogen-bond donors (Lipinski definition) is 0. The molecule has 3 aromatic carbocycles. The summed E-state index contributed by atoms with van der Waals surface area (Å²) in [4.78, 5) is 0. The Hall–Kier alpha value is -3.38. The second-order valence-corrected chi connectivity index (χ2v) is 7.78. The molecule has 0 saturated carbocycles. The fourth-order valence-corrected chi connectivity index (χ4v) is 4.89. The highest BCUT2D eigenvalue weighted by Crippen LogP contribution is 2.49. The highest BCUT2D eigenvalue weighted by atomic mass is 14.4. The van der Waals surface area contributed by atoms with Crippen LogP contribution >= 0.6 is 0 Å². The average Bonchev–Trinajstić information content (AvgIpc) is 2.78. The van der Waals surface area contributed by atoms with Crippen molar-refractivity contribution in [1.82, 2.24) is 0 Å².